The Kier molecular flexibility index (Phi) is 5.38. The summed E-state index contributed by atoms with van der Waals surface area (Å²) < 4.78 is 11.7. The SMILES string of the molecule is COc1ccnc(CNCc2cccc(Br)c2)c1OC. The van der Waals surface area contributed by atoms with Crippen LogP contribution in [0.1, 0.15) is 11.3 Å². The monoisotopic (exact) mass is 336 g/mol. The van der Waals surface area contributed by atoms with Crippen molar-refractivity contribution in [3.8, 4) is 11.5 Å². The van der Waals surface area contributed by atoms with Crippen molar-refractivity contribution < 1.29 is 9.47 Å². The molecule has 0 unspecified atom stereocenters. The van der Waals surface area contributed by atoms with Crippen molar-refractivity contribution in [2.24, 2.45) is 0 Å². The van der Waals surface area contributed by atoms with E-state index in [9.17, 15) is 0 Å². The second kappa shape index (κ2) is 7.26. The Morgan fingerprint density at radius 2 is 2.00 bits per heavy atom. The first-order valence-corrected chi connectivity index (χ1v) is 7.05. The van der Waals surface area contributed by atoms with Gasteiger partial charge in [0.15, 0.2) is 11.5 Å². The van der Waals surface area contributed by atoms with Crippen LogP contribution in [0.25, 0.3) is 0 Å². The number of aromatic nitrogens is 1. The molecule has 1 aromatic carbocycles. The molecule has 2 aromatic rings. The van der Waals surface area contributed by atoms with Crippen LogP contribution in [-0.4, -0.2) is 19.2 Å². The van der Waals surface area contributed by atoms with Gasteiger partial charge in [0.25, 0.3) is 0 Å². The molecule has 0 bridgehead atoms. The van der Waals surface area contributed by atoms with Gasteiger partial charge < -0.3 is 14.8 Å². The standard InChI is InChI=1S/C15H17BrN2O2/c1-19-14-6-7-18-13(15(14)20-2)10-17-9-11-4-3-5-12(16)8-11/h3-8,17H,9-10H2,1-2H3. The number of hydrogen-bond acceptors (Lipinski definition) is 4. The molecule has 0 saturated carbocycles. The zero-order chi connectivity index (χ0) is 14.4. The van der Waals surface area contributed by atoms with Crippen LogP contribution in [0.15, 0.2) is 41.0 Å². The molecule has 4 nitrogen and oxygen atoms in total. The highest BCUT2D eigenvalue weighted by Crippen LogP contribution is 2.28. The van der Waals surface area contributed by atoms with Crippen LogP contribution in [0.2, 0.25) is 0 Å². The Balaban J connectivity index is 2.01. The van der Waals surface area contributed by atoms with E-state index in [1.54, 1.807) is 26.5 Å². The van der Waals surface area contributed by atoms with Crippen molar-refractivity contribution in [1.82, 2.24) is 10.3 Å². The molecule has 0 radical (unpaired) electrons. The van der Waals surface area contributed by atoms with Crippen molar-refractivity contribution in [2.75, 3.05) is 14.2 Å². The van der Waals surface area contributed by atoms with Gasteiger partial charge in [0.2, 0.25) is 0 Å². The van der Waals surface area contributed by atoms with Crippen LogP contribution in [0.4, 0.5) is 0 Å². The average Bonchev–Trinajstić information content (AvgIpc) is 2.47. The van der Waals surface area contributed by atoms with E-state index in [0.717, 1.165) is 16.7 Å². The van der Waals surface area contributed by atoms with Gasteiger partial charge in [0.05, 0.1) is 19.9 Å². The van der Waals surface area contributed by atoms with E-state index < -0.39 is 0 Å². The molecule has 0 amide bonds. The van der Waals surface area contributed by atoms with Crippen molar-refractivity contribution >= 4 is 15.9 Å². The number of pyridine rings is 1. The molecule has 0 aliphatic rings. The van der Waals surface area contributed by atoms with Gasteiger partial charge >= 0.3 is 0 Å². The summed E-state index contributed by atoms with van der Waals surface area (Å²) >= 11 is 3.46. The molecule has 0 aliphatic heterocycles. The van der Waals surface area contributed by atoms with Crippen LogP contribution in [-0.2, 0) is 13.1 Å². The summed E-state index contributed by atoms with van der Waals surface area (Å²) in [7, 11) is 3.24. The van der Waals surface area contributed by atoms with Gasteiger partial charge in [-0.3, -0.25) is 4.98 Å². The maximum absolute atomic E-state index is 5.35. The third kappa shape index (κ3) is 3.71. The lowest BCUT2D eigenvalue weighted by molar-refractivity contribution is 0.348. The Morgan fingerprint density at radius 1 is 1.15 bits per heavy atom. The molecule has 1 N–H and O–H groups in total. The van der Waals surface area contributed by atoms with Crippen LogP contribution in [0.3, 0.4) is 0 Å². The third-order valence-electron chi connectivity index (χ3n) is 2.88. The smallest absolute Gasteiger partial charge is 0.183 e. The average molecular weight is 337 g/mol. The summed E-state index contributed by atoms with van der Waals surface area (Å²) in [5, 5.41) is 3.35. The van der Waals surface area contributed by atoms with E-state index in [2.05, 4.69) is 38.4 Å². The second-order valence-corrected chi connectivity index (χ2v) is 5.14. The molecular formula is C15H17BrN2O2. The topological polar surface area (TPSA) is 43.4 Å². The number of nitrogens with one attached hydrogen (secondary N) is 1. The molecular weight excluding hydrogens is 320 g/mol. The highest BCUT2D eigenvalue weighted by molar-refractivity contribution is 9.10. The molecule has 0 aliphatic carbocycles. The molecule has 0 saturated heterocycles. The lowest BCUT2D eigenvalue weighted by Gasteiger charge is -2.12. The maximum Gasteiger partial charge on any atom is 0.183 e. The molecule has 0 fully saturated rings. The summed E-state index contributed by atoms with van der Waals surface area (Å²) in [6, 6.07) is 9.98. The zero-order valence-electron chi connectivity index (χ0n) is 11.5. The Morgan fingerprint density at radius 3 is 2.70 bits per heavy atom. The fourth-order valence-electron chi connectivity index (χ4n) is 1.95. The molecule has 0 atom stereocenters. The number of nitrogens with zero attached hydrogens (tertiary/aromatic N) is 1. The highest BCUT2D eigenvalue weighted by Gasteiger charge is 2.10. The van der Waals surface area contributed by atoms with Crippen molar-refractivity contribution in [3.05, 3.63) is 52.3 Å². The van der Waals surface area contributed by atoms with Crippen molar-refractivity contribution in [2.45, 2.75) is 13.1 Å². The summed E-state index contributed by atoms with van der Waals surface area (Å²) in [6.45, 7) is 1.38. The normalized spacial score (nSPS) is 10.3. The first-order valence-electron chi connectivity index (χ1n) is 6.25. The summed E-state index contributed by atoms with van der Waals surface area (Å²) in [6.07, 6.45) is 1.72. The lowest BCUT2D eigenvalue weighted by atomic mass is 10.2. The summed E-state index contributed by atoms with van der Waals surface area (Å²) in [5.74, 6) is 1.37. The predicted molar refractivity (Wildman–Crippen MR) is 82.0 cm³/mol. The van der Waals surface area contributed by atoms with Gasteiger partial charge in [0, 0.05) is 29.8 Å². The number of hydrogen-bond donors (Lipinski definition) is 1. The van der Waals surface area contributed by atoms with Gasteiger partial charge in [-0.1, -0.05) is 28.1 Å². The molecule has 20 heavy (non-hydrogen) atoms. The molecule has 2 rings (SSSR count). The van der Waals surface area contributed by atoms with Crippen LogP contribution >= 0.6 is 15.9 Å². The van der Waals surface area contributed by atoms with E-state index in [4.69, 9.17) is 9.47 Å². The molecule has 106 valence electrons. The molecule has 1 heterocycles. The number of ether oxygens (including phenoxy) is 2. The number of rotatable bonds is 6. The predicted octanol–water partition coefficient (Wildman–Crippen LogP) is 3.15. The summed E-state index contributed by atoms with van der Waals surface area (Å²) in [4.78, 5) is 4.33. The first-order chi connectivity index (χ1) is 9.74. The van der Waals surface area contributed by atoms with E-state index in [1.165, 1.54) is 5.56 Å². The Hall–Kier alpha value is -1.59. The molecule has 0 spiro atoms. The third-order valence-corrected chi connectivity index (χ3v) is 3.37. The molecule has 1 aromatic heterocycles. The minimum absolute atomic E-state index is 0.618. The largest absolute Gasteiger partial charge is 0.493 e. The van der Waals surface area contributed by atoms with Crippen LogP contribution in [0.5, 0.6) is 11.5 Å². The quantitative estimate of drug-likeness (QED) is 0.879. The minimum atomic E-state index is 0.618. The fraction of sp³-hybridized carbons (Fsp3) is 0.267. The van der Waals surface area contributed by atoms with E-state index in [0.29, 0.717) is 18.0 Å². The molecule has 5 heteroatoms. The van der Waals surface area contributed by atoms with Gasteiger partial charge in [0.1, 0.15) is 0 Å². The van der Waals surface area contributed by atoms with E-state index in [1.807, 2.05) is 12.1 Å². The van der Waals surface area contributed by atoms with Crippen molar-refractivity contribution in [3.63, 3.8) is 0 Å². The first kappa shape index (κ1) is 14.8. The maximum atomic E-state index is 5.35. The van der Waals surface area contributed by atoms with Gasteiger partial charge in [-0.05, 0) is 17.7 Å². The second-order valence-electron chi connectivity index (χ2n) is 4.23. The minimum Gasteiger partial charge on any atom is -0.493 e. The van der Waals surface area contributed by atoms with E-state index in [-0.39, 0.29) is 0 Å². The van der Waals surface area contributed by atoms with Gasteiger partial charge in [-0.15, -0.1) is 0 Å². The van der Waals surface area contributed by atoms with Crippen molar-refractivity contribution in [1.29, 1.82) is 0 Å². The Bertz CT molecular complexity index is 576. The van der Waals surface area contributed by atoms with Crippen LogP contribution < -0.4 is 14.8 Å². The lowest BCUT2D eigenvalue weighted by Crippen LogP contribution is -2.14. The number of benzene rings is 1. The van der Waals surface area contributed by atoms with Gasteiger partial charge in [-0.2, -0.15) is 0 Å². The number of methoxy groups -OCH3 is 2. The number of halogens is 1. The van der Waals surface area contributed by atoms with Crippen LogP contribution in [0, 0.1) is 0 Å². The van der Waals surface area contributed by atoms with E-state index >= 15 is 0 Å². The van der Waals surface area contributed by atoms with Gasteiger partial charge in [-0.25, -0.2) is 0 Å². The zero-order valence-corrected chi connectivity index (χ0v) is 13.1. The summed E-state index contributed by atoms with van der Waals surface area (Å²) in [5.41, 5.74) is 2.04. The highest BCUT2D eigenvalue weighted by atomic mass is 79.9. The Labute approximate surface area is 127 Å². The fourth-order valence-corrected chi connectivity index (χ4v) is 2.40.